The molecule has 2 heteroatoms. The number of nitrogens with one attached hydrogen (secondary N) is 1. The maximum absolute atomic E-state index is 9.45. The summed E-state index contributed by atoms with van der Waals surface area (Å²) in [5, 5.41) is 13.0. The first kappa shape index (κ1) is 11.5. The van der Waals surface area contributed by atoms with E-state index in [0.29, 0.717) is 6.04 Å². The van der Waals surface area contributed by atoms with Gasteiger partial charge in [0.1, 0.15) is 0 Å². The van der Waals surface area contributed by atoms with Gasteiger partial charge in [-0.2, -0.15) is 0 Å². The summed E-state index contributed by atoms with van der Waals surface area (Å²) in [5.41, 5.74) is 3.83. The molecule has 0 bridgehead atoms. The minimum Gasteiger partial charge on any atom is -0.393 e. The molecule has 1 aromatic carbocycles. The smallest absolute Gasteiger partial charge is 0.0541 e. The van der Waals surface area contributed by atoms with Crippen LogP contribution in [0.15, 0.2) is 18.2 Å². The van der Waals surface area contributed by atoms with Gasteiger partial charge in [0.15, 0.2) is 0 Å². The Morgan fingerprint density at radius 2 is 1.56 bits per heavy atom. The third-order valence-electron chi connectivity index (χ3n) is 3.29. The van der Waals surface area contributed by atoms with Gasteiger partial charge in [0, 0.05) is 11.7 Å². The molecule has 0 aliphatic heterocycles. The van der Waals surface area contributed by atoms with Gasteiger partial charge in [-0.3, -0.25) is 0 Å². The maximum Gasteiger partial charge on any atom is 0.0541 e. The second-order valence-electron chi connectivity index (χ2n) is 5.03. The van der Waals surface area contributed by atoms with Crippen molar-refractivity contribution in [1.29, 1.82) is 0 Å². The summed E-state index contributed by atoms with van der Waals surface area (Å²) in [6.45, 7) is 4.26. The van der Waals surface area contributed by atoms with Crippen LogP contribution in [0.3, 0.4) is 0 Å². The van der Waals surface area contributed by atoms with Crippen molar-refractivity contribution < 1.29 is 5.11 Å². The zero-order valence-electron chi connectivity index (χ0n) is 10.2. The fraction of sp³-hybridized carbons (Fsp3) is 0.571. The van der Waals surface area contributed by atoms with Crippen LogP contribution in [0.4, 0.5) is 5.69 Å². The summed E-state index contributed by atoms with van der Waals surface area (Å²) in [6.07, 6.45) is 3.95. The largest absolute Gasteiger partial charge is 0.393 e. The fourth-order valence-corrected chi connectivity index (χ4v) is 2.51. The second-order valence-corrected chi connectivity index (χ2v) is 5.03. The molecule has 1 fully saturated rings. The Bertz CT molecular complexity index is 334. The van der Waals surface area contributed by atoms with E-state index in [0.717, 1.165) is 25.7 Å². The van der Waals surface area contributed by atoms with E-state index in [4.69, 9.17) is 0 Å². The number of aliphatic hydroxyl groups excluding tert-OH is 1. The van der Waals surface area contributed by atoms with E-state index in [2.05, 4.69) is 37.4 Å². The first-order chi connectivity index (χ1) is 7.63. The van der Waals surface area contributed by atoms with Crippen LogP contribution < -0.4 is 5.32 Å². The topological polar surface area (TPSA) is 32.3 Å². The number of aryl methyl sites for hydroxylation is 2. The normalized spacial score (nSPS) is 25.4. The van der Waals surface area contributed by atoms with Crippen molar-refractivity contribution >= 4 is 5.69 Å². The summed E-state index contributed by atoms with van der Waals surface area (Å²) >= 11 is 0. The molecule has 88 valence electrons. The van der Waals surface area contributed by atoms with Crippen LogP contribution >= 0.6 is 0 Å². The molecule has 16 heavy (non-hydrogen) atoms. The van der Waals surface area contributed by atoms with E-state index in [1.165, 1.54) is 16.8 Å². The zero-order chi connectivity index (χ0) is 11.5. The van der Waals surface area contributed by atoms with Gasteiger partial charge < -0.3 is 10.4 Å². The number of hydrogen-bond donors (Lipinski definition) is 2. The molecule has 1 aliphatic carbocycles. The Balaban J connectivity index is 1.98. The van der Waals surface area contributed by atoms with E-state index in [-0.39, 0.29) is 6.10 Å². The van der Waals surface area contributed by atoms with Gasteiger partial charge in [0.25, 0.3) is 0 Å². The van der Waals surface area contributed by atoms with Crippen LogP contribution in [0.5, 0.6) is 0 Å². The molecule has 2 rings (SSSR count). The number of benzene rings is 1. The lowest BCUT2D eigenvalue weighted by Gasteiger charge is -2.27. The number of anilines is 1. The molecule has 0 unspecified atom stereocenters. The molecule has 2 nitrogen and oxygen atoms in total. The highest BCUT2D eigenvalue weighted by Crippen LogP contribution is 2.23. The average Bonchev–Trinajstić information content (AvgIpc) is 2.20. The third-order valence-corrected chi connectivity index (χ3v) is 3.29. The minimum atomic E-state index is -0.0719. The van der Waals surface area contributed by atoms with E-state index in [1.807, 2.05) is 0 Å². The van der Waals surface area contributed by atoms with Crippen LogP contribution in [0.25, 0.3) is 0 Å². The summed E-state index contributed by atoms with van der Waals surface area (Å²) in [6, 6.07) is 7.11. The monoisotopic (exact) mass is 219 g/mol. The summed E-state index contributed by atoms with van der Waals surface area (Å²) in [4.78, 5) is 0. The van der Waals surface area contributed by atoms with Gasteiger partial charge in [-0.15, -0.1) is 0 Å². The highest BCUT2D eigenvalue weighted by molar-refractivity contribution is 5.49. The highest BCUT2D eigenvalue weighted by Gasteiger charge is 2.18. The molecule has 1 aliphatic rings. The maximum atomic E-state index is 9.45. The molecule has 0 saturated heterocycles. The van der Waals surface area contributed by atoms with Gasteiger partial charge in [-0.05, 0) is 62.8 Å². The van der Waals surface area contributed by atoms with Crippen molar-refractivity contribution in [3.8, 4) is 0 Å². The molecular formula is C14H21NO. The molecular weight excluding hydrogens is 198 g/mol. The van der Waals surface area contributed by atoms with Crippen molar-refractivity contribution in [3.63, 3.8) is 0 Å². The first-order valence-corrected chi connectivity index (χ1v) is 6.16. The summed E-state index contributed by atoms with van der Waals surface area (Å²) in [7, 11) is 0. The third kappa shape index (κ3) is 2.99. The van der Waals surface area contributed by atoms with Crippen LogP contribution in [-0.4, -0.2) is 17.3 Å². The van der Waals surface area contributed by atoms with Crippen molar-refractivity contribution in [2.75, 3.05) is 5.32 Å². The molecule has 0 amide bonds. The van der Waals surface area contributed by atoms with E-state index in [1.54, 1.807) is 0 Å². The quantitative estimate of drug-likeness (QED) is 0.801. The van der Waals surface area contributed by atoms with Gasteiger partial charge in [0.2, 0.25) is 0 Å². The lowest BCUT2D eigenvalue weighted by molar-refractivity contribution is 0.126. The van der Waals surface area contributed by atoms with Crippen molar-refractivity contribution in [3.05, 3.63) is 29.3 Å². The summed E-state index contributed by atoms with van der Waals surface area (Å²) < 4.78 is 0. The molecule has 0 atom stereocenters. The van der Waals surface area contributed by atoms with Crippen molar-refractivity contribution in [2.24, 2.45) is 0 Å². The predicted molar refractivity (Wildman–Crippen MR) is 67.8 cm³/mol. The summed E-state index contributed by atoms with van der Waals surface area (Å²) in [5.74, 6) is 0. The van der Waals surface area contributed by atoms with Crippen molar-refractivity contribution in [1.82, 2.24) is 0 Å². The van der Waals surface area contributed by atoms with Crippen LogP contribution in [0.2, 0.25) is 0 Å². The van der Waals surface area contributed by atoms with E-state index in [9.17, 15) is 5.11 Å². The minimum absolute atomic E-state index is 0.0719. The molecule has 0 radical (unpaired) electrons. The van der Waals surface area contributed by atoms with Gasteiger partial charge >= 0.3 is 0 Å². The number of hydrogen-bond acceptors (Lipinski definition) is 2. The zero-order valence-corrected chi connectivity index (χ0v) is 10.2. The Hall–Kier alpha value is -1.02. The van der Waals surface area contributed by atoms with Gasteiger partial charge in [-0.1, -0.05) is 6.07 Å². The predicted octanol–water partition coefficient (Wildman–Crippen LogP) is 3.02. The molecule has 2 N–H and O–H groups in total. The molecule has 0 aromatic heterocycles. The van der Waals surface area contributed by atoms with Crippen molar-refractivity contribution in [2.45, 2.75) is 51.7 Å². The number of rotatable bonds is 2. The molecule has 1 aromatic rings. The number of aliphatic hydroxyl groups is 1. The van der Waals surface area contributed by atoms with E-state index >= 15 is 0 Å². The van der Waals surface area contributed by atoms with Crippen LogP contribution in [0, 0.1) is 13.8 Å². The fourth-order valence-electron chi connectivity index (χ4n) is 2.51. The van der Waals surface area contributed by atoms with Gasteiger partial charge in [0.05, 0.1) is 6.10 Å². The molecule has 1 saturated carbocycles. The lowest BCUT2D eigenvalue weighted by atomic mass is 9.93. The average molecular weight is 219 g/mol. The molecule has 0 heterocycles. The molecule has 0 spiro atoms. The SMILES string of the molecule is Cc1cc(C)cc(NC2CCC(O)CC2)c1. The Morgan fingerprint density at radius 3 is 2.12 bits per heavy atom. The Labute approximate surface area is 97.7 Å². The van der Waals surface area contributed by atoms with Crippen LogP contribution in [0.1, 0.15) is 36.8 Å². The standard InChI is InChI=1S/C14H21NO/c1-10-7-11(2)9-13(8-10)15-12-3-5-14(16)6-4-12/h7-9,12,14-16H,3-6H2,1-2H3. The van der Waals surface area contributed by atoms with Gasteiger partial charge in [-0.25, -0.2) is 0 Å². The van der Waals surface area contributed by atoms with Crippen LogP contribution in [-0.2, 0) is 0 Å². The van der Waals surface area contributed by atoms with E-state index < -0.39 is 0 Å². The second kappa shape index (κ2) is 4.88. The lowest BCUT2D eigenvalue weighted by Crippen LogP contribution is -2.28. The highest BCUT2D eigenvalue weighted by atomic mass is 16.3. The Morgan fingerprint density at radius 1 is 1.00 bits per heavy atom. The first-order valence-electron chi connectivity index (χ1n) is 6.16. The Kier molecular flexibility index (Phi) is 3.49.